The van der Waals surface area contributed by atoms with E-state index in [9.17, 15) is 4.79 Å². The maximum Gasteiger partial charge on any atom is 0.257 e. The Morgan fingerprint density at radius 3 is 2.49 bits per heavy atom. The third-order valence-corrected chi connectivity index (χ3v) is 6.46. The number of benzene rings is 2. The molecule has 10 nitrogen and oxygen atoms in total. The number of hydrogen-bond acceptors (Lipinski definition) is 8. The van der Waals surface area contributed by atoms with Crippen LogP contribution in [-0.4, -0.2) is 53.6 Å². The second-order valence-corrected chi connectivity index (χ2v) is 8.86. The molecule has 1 amide bonds. The number of carbonyl (C=O) groups is 1. The summed E-state index contributed by atoms with van der Waals surface area (Å²) in [6.07, 6.45) is 7.64. The van der Waals surface area contributed by atoms with Crippen LogP contribution in [0.25, 0.3) is 22.3 Å². The van der Waals surface area contributed by atoms with Crippen molar-refractivity contribution in [2.75, 3.05) is 18.8 Å². The second-order valence-electron chi connectivity index (χ2n) is 8.86. The topological polar surface area (TPSA) is 125 Å². The molecule has 0 aliphatic carbocycles. The van der Waals surface area contributed by atoms with Crippen LogP contribution in [-0.2, 0) is 0 Å². The first-order valence-corrected chi connectivity index (χ1v) is 12.0. The zero-order valence-electron chi connectivity index (χ0n) is 19.9. The lowest BCUT2D eigenvalue weighted by atomic mass is 10.0. The smallest absolute Gasteiger partial charge is 0.257 e. The van der Waals surface area contributed by atoms with Crippen LogP contribution < -0.4 is 10.5 Å². The Morgan fingerprint density at radius 2 is 1.70 bits per heavy atom. The first kappa shape index (κ1) is 22.6. The third-order valence-electron chi connectivity index (χ3n) is 6.46. The zero-order chi connectivity index (χ0) is 25.2. The predicted octanol–water partition coefficient (Wildman–Crippen LogP) is 4.14. The molecule has 0 spiro atoms. The number of nitrogens with zero attached hydrogens (tertiary/aromatic N) is 7. The number of nitrogens with two attached hydrogens (primary N) is 1. The van der Waals surface area contributed by atoms with Gasteiger partial charge in [-0.05, 0) is 49.2 Å². The number of carbonyl (C=O) groups excluding carboxylic acids is 1. The van der Waals surface area contributed by atoms with E-state index in [4.69, 9.17) is 15.6 Å². The first-order chi connectivity index (χ1) is 18.2. The summed E-state index contributed by atoms with van der Waals surface area (Å²) in [7, 11) is 0. The maximum absolute atomic E-state index is 13.0. The Balaban J connectivity index is 1.32. The number of ether oxygens (including phenoxy) is 1. The number of likely N-dealkylation sites (tertiary alicyclic amines) is 1. The lowest BCUT2D eigenvalue weighted by Crippen LogP contribution is -2.41. The second kappa shape index (κ2) is 9.65. The van der Waals surface area contributed by atoms with E-state index in [-0.39, 0.29) is 11.9 Å². The normalized spacial score (nSPS) is 15.6. The summed E-state index contributed by atoms with van der Waals surface area (Å²) < 4.78 is 7.82. The molecule has 0 radical (unpaired) electrons. The van der Waals surface area contributed by atoms with E-state index in [0.29, 0.717) is 46.9 Å². The first-order valence-electron chi connectivity index (χ1n) is 12.0. The largest absolute Gasteiger partial charge is 0.457 e. The Morgan fingerprint density at radius 1 is 0.946 bits per heavy atom. The maximum atomic E-state index is 13.0. The highest BCUT2D eigenvalue weighted by atomic mass is 16.5. The summed E-state index contributed by atoms with van der Waals surface area (Å²) >= 11 is 0. The van der Waals surface area contributed by atoms with Crippen LogP contribution >= 0.6 is 0 Å². The fraction of sp³-hybridized carbons (Fsp3) is 0.185. The number of anilines is 1. The fourth-order valence-corrected chi connectivity index (χ4v) is 4.69. The van der Waals surface area contributed by atoms with Crippen molar-refractivity contribution >= 4 is 22.8 Å². The molecule has 5 aromatic rings. The minimum absolute atomic E-state index is 0.0615. The molecule has 3 aromatic heterocycles. The average Bonchev–Trinajstić information content (AvgIpc) is 3.35. The van der Waals surface area contributed by atoms with Gasteiger partial charge >= 0.3 is 0 Å². The quantitative estimate of drug-likeness (QED) is 0.388. The monoisotopic (exact) mass is 492 g/mol. The molecule has 10 heteroatoms. The number of rotatable bonds is 5. The molecule has 1 saturated heterocycles. The van der Waals surface area contributed by atoms with E-state index in [1.165, 1.54) is 12.7 Å². The fourth-order valence-electron chi connectivity index (χ4n) is 4.69. The molecule has 1 aliphatic heterocycles. The van der Waals surface area contributed by atoms with Gasteiger partial charge in [0.05, 0.1) is 17.0 Å². The number of piperidine rings is 1. The van der Waals surface area contributed by atoms with Crippen LogP contribution in [0.5, 0.6) is 11.5 Å². The molecular weight excluding hydrogens is 468 g/mol. The SMILES string of the molecule is Nc1ncnc2c1c(-c1ccc(Oc3ccccc3)cc1)nn2[C@@H]1CCCN(C(=O)c2cncnc2)C1. The van der Waals surface area contributed by atoms with Crippen molar-refractivity contribution in [2.45, 2.75) is 18.9 Å². The summed E-state index contributed by atoms with van der Waals surface area (Å²) in [6, 6.07) is 17.2. The van der Waals surface area contributed by atoms with Gasteiger partial charge in [-0.15, -0.1) is 0 Å². The molecule has 0 saturated carbocycles. The molecule has 2 N–H and O–H groups in total. The van der Waals surface area contributed by atoms with Crippen LogP contribution in [0.1, 0.15) is 29.2 Å². The van der Waals surface area contributed by atoms with Gasteiger partial charge in [0.2, 0.25) is 0 Å². The highest BCUT2D eigenvalue weighted by Crippen LogP contribution is 2.35. The summed E-state index contributed by atoms with van der Waals surface area (Å²) in [6.45, 7) is 1.16. The molecule has 1 atom stereocenters. The number of hydrogen-bond donors (Lipinski definition) is 1. The molecule has 1 aliphatic rings. The summed E-state index contributed by atoms with van der Waals surface area (Å²) in [4.78, 5) is 31.6. The van der Waals surface area contributed by atoms with E-state index >= 15 is 0 Å². The van der Waals surface area contributed by atoms with Crippen molar-refractivity contribution < 1.29 is 9.53 Å². The summed E-state index contributed by atoms with van der Waals surface area (Å²) in [5.41, 5.74) is 9.00. The van der Waals surface area contributed by atoms with Crippen molar-refractivity contribution in [1.82, 2.24) is 34.6 Å². The van der Waals surface area contributed by atoms with Gasteiger partial charge in [-0.2, -0.15) is 5.10 Å². The number of aromatic nitrogens is 6. The van der Waals surface area contributed by atoms with Crippen LogP contribution in [0.4, 0.5) is 5.82 Å². The van der Waals surface area contributed by atoms with E-state index in [1.54, 1.807) is 12.4 Å². The van der Waals surface area contributed by atoms with Gasteiger partial charge in [-0.1, -0.05) is 18.2 Å². The Bertz CT molecular complexity index is 1540. The molecule has 184 valence electrons. The van der Waals surface area contributed by atoms with E-state index in [2.05, 4.69) is 19.9 Å². The van der Waals surface area contributed by atoms with Crippen molar-refractivity contribution in [3.05, 3.63) is 85.2 Å². The number of fused-ring (bicyclic) bond motifs is 1. The average molecular weight is 493 g/mol. The highest BCUT2D eigenvalue weighted by molar-refractivity contribution is 5.98. The lowest BCUT2D eigenvalue weighted by molar-refractivity contribution is 0.0674. The van der Waals surface area contributed by atoms with Gasteiger partial charge in [0.1, 0.15) is 35.7 Å². The number of amides is 1. The van der Waals surface area contributed by atoms with Crippen LogP contribution in [0.15, 0.2) is 79.6 Å². The van der Waals surface area contributed by atoms with Crippen molar-refractivity contribution in [3.63, 3.8) is 0 Å². The van der Waals surface area contributed by atoms with Crippen molar-refractivity contribution in [3.8, 4) is 22.8 Å². The van der Waals surface area contributed by atoms with Gasteiger partial charge in [-0.3, -0.25) is 4.79 Å². The van der Waals surface area contributed by atoms with Crippen LogP contribution in [0.2, 0.25) is 0 Å². The third kappa shape index (κ3) is 4.44. The van der Waals surface area contributed by atoms with Gasteiger partial charge in [0, 0.05) is 31.0 Å². The lowest BCUT2D eigenvalue weighted by Gasteiger charge is -2.32. The van der Waals surface area contributed by atoms with Gasteiger partial charge in [-0.25, -0.2) is 24.6 Å². The van der Waals surface area contributed by atoms with E-state index in [1.807, 2.05) is 64.2 Å². The number of nitrogen functional groups attached to an aromatic ring is 1. The van der Waals surface area contributed by atoms with E-state index < -0.39 is 0 Å². The van der Waals surface area contributed by atoms with Crippen LogP contribution in [0.3, 0.4) is 0 Å². The molecule has 0 bridgehead atoms. The molecule has 1 fully saturated rings. The minimum atomic E-state index is -0.0925. The minimum Gasteiger partial charge on any atom is -0.457 e. The standard InChI is InChI=1S/C27H24N8O2/c28-25-23-24(18-8-10-22(11-9-18)37-21-6-2-1-3-7-21)33-35(26(23)32-17-31-25)20-5-4-12-34(15-20)27(36)19-13-29-16-30-14-19/h1-3,6-11,13-14,16-17,20H,4-5,12,15H2,(H2,28,31,32)/t20-/m1/s1. The van der Waals surface area contributed by atoms with Crippen molar-refractivity contribution in [1.29, 1.82) is 0 Å². The molecule has 37 heavy (non-hydrogen) atoms. The van der Waals surface area contributed by atoms with Crippen molar-refractivity contribution in [2.24, 2.45) is 0 Å². The zero-order valence-corrected chi connectivity index (χ0v) is 19.9. The van der Waals surface area contributed by atoms with Crippen LogP contribution in [0, 0.1) is 0 Å². The summed E-state index contributed by atoms with van der Waals surface area (Å²) in [5, 5.41) is 5.65. The Kier molecular flexibility index (Phi) is 5.89. The highest BCUT2D eigenvalue weighted by Gasteiger charge is 2.29. The van der Waals surface area contributed by atoms with Gasteiger partial charge in [0.25, 0.3) is 5.91 Å². The van der Waals surface area contributed by atoms with Gasteiger partial charge in [0.15, 0.2) is 5.65 Å². The summed E-state index contributed by atoms with van der Waals surface area (Å²) in [5.74, 6) is 1.75. The molecular formula is C27H24N8O2. The van der Waals surface area contributed by atoms with E-state index in [0.717, 1.165) is 24.2 Å². The Labute approximate surface area is 212 Å². The molecule has 6 rings (SSSR count). The number of para-hydroxylation sites is 1. The molecule has 0 unspecified atom stereocenters. The molecule has 4 heterocycles. The predicted molar refractivity (Wildman–Crippen MR) is 138 cm³/mol. The van der Waals surface area contributed by atoms with Gasteiger partial charge < -0.3 is 15.4 Å². The molecule has 2 aromatic carbocycles. The Hall–Kier alpha value is -4.86.